The predicted octanol–water partition coefficient (Wildman–Crippen LogP) is 10.4. The van der Waals surface area contributed by atoms with Gasteiger partial charge in [-0.15, -0.1) is 0 Å². The number of halogens is 1. The third-order valence-electron chi connectivity index (χ3n) is 8.34. The van der Waals surface area contributed by atoms with Crippen molar-refractivity contribution < 1.29 is 0 Å². The third-order valence-corrected chi connectivity index (χ3v) is 8.51. The molecule has 0 saturated carbocycles. The Morgan fingerprint density at radius 1 is 0.419 bits per heavy atom. The standard InChI is InChI=1S/C37H22ClN5/c38-35-41-36(39-26-15-14-24-18-22-6-1-2-7-23(22)19-25(24)20-26)43-37(42-35)40-32-17-16-30-28-11-4-9-21-8-3-10-27(33(21)28)29-12-5-13-31(32)34(29)30/h1-20H,(H2,39,40,41,42,43). The van der Waals surface area contributed by atoms with E-state index in [0.29, 0.717) is 11.9 Å². The fourth-order valence-electron chi connectivity index (χ4n) is 6.48. The number of nitrogens with one attached hydrogen (secondary N) is 2. The summed E-state index contributed by atoms with van der Waals surface area (Å²) in [5, 5.41) is 21.4. The molecule has 0 radical (unpaired) electrons. The van der Waals surface area contributed by atoms with E-state index < -0.39 is 0 Å². The van der Waals surface area contributed by atoms with Crippen LogP contribution in [0.2, 0.25) is 5.28 Å². The molecule has 0 aliphatic rings. The molecule has 0 amide bonds. The van der Waals surface area contributed by atoms with Crippen LogP contribution in [0.4, 0.5) is 23.3 Å². The summed E-state index contributed by atoms with van der Waals surface area (Å²) < 4.78 is 0. The summed E-state index contributed by atoms with van der Waals surface area (Å²) in [6.07, 6.45) is 0. The van der Waals surface area contributed by atoms with Crippen molar-refractivity contribution in [2.45, 2.75) is 0 Å². The molecule has 202 valence electrons. The minimum absolute atomic E-state index is 0.107. The van der Waals surface area contributed by atoms with Gasteiger partial charge in [-0.2, -0.15) is 15.0 Å². The van der Waals surface area contributed by atoms with E-state index in [2.05, 4.69) is 141 Å². The third kappa shape index (κ3) is 3.90. The zero-order valence-corrected chi connectivity index (χ0v) is 23.5. The molecule has 0 fully saturated rings. The fraction of sp³-hybridized carbons (Fsp3) is 0. The fourth-order valence-corrected chi connectivity index (χ4v) is 6.64. The minimum Gasteiger partial charge on any atom is -0.324 e. The largest absolute Gasteiger partial charge is 0.324 e. The van der Waals surface area contributed by atoms with Crippen molar-refractivity contribution in [3.8, 4) is 0 Å². The van der Waals surface area contributed by atoms with Gasteiger partial charge >= 0.3 is 0 Å². The topological polar surface area (TPSA) is 62.7 Å². The van der Waals surface area contributed by atoms with E-state index in [1.165, 1.54) is 53.9 Å². The summed E-state index contributed by atoms with van der Waals surface area (Å²) in [6.45, 7) is 0. The second-order valence-corrected chi connectivity index (χ2v) is 11.2. The number of anilines is 4. The first-order chi connectivity index (χ1) is 21.2. The molecule has 43 heavy (non-hydrogen) atoms. The Labute approximate surface area is 251 Å². The monoisotopic (exact) mass is 571 g/mol. The SMILES string of the molecule is Clc1nc(Nc2ccc3cc4ccccc4cc3c2)nc(Nc2ccc3c4cccc5cccc(c6cccc2c63)c54)n1. The lowest BCUT2D eigenvalue weighted by Crippen LogP contribution is -2.04. The zero-order valence-electron chi connectivity index (χ0n) is 22.8. The molecule has 8 aromatic carbocycles. The van der Waals surface area contributed by atoms with E-state index in [0.717, 1.165) is 22.1 Å². The van der Waals surface area contributed by atoms with Gasteiger partial charge in [-0.3, -0.25) is 0 Å². The number of rotatable bonds is 4. The second-order valence-electron chi connectivity index (χ2n) is 10.9. The smallest absolute Gasteiger partial charge is 0.233 e. The Balaban J connectivity index is 1.11. The average molecular weight is 572 g/mol. The molecule has 6 heteroatoms. The van der Waals surface area contributed by atoms with Gasteiger partial charge in [0.05, 0.1) is 0 Å². The average Bonchev–Trinajstić information content (AvgIpc) is 3.03. The van der Waals surface area contributed by atoms with Gasteiger partial charge in [0, 0.05) is 16.8 Å². The molecule has 0 atom stereocenters. The molecule has 1 aromatic heterocycles. The van der Waals surface area contributed by atoms with Crippen molar-refractivity contribution in [1.82, 2.24) is 15.0 Å². The van der Waals surface area contributed by atoms with Crippen LogP contribution in [0.1, 0.15) is 0 Å². The number of hydrogen-bond donors (Lipinski definition) is 2. The Morgan fingerprint density at radius 3 is 1.77 bits per heavy atom. The molecule has 9 aromatic rings. The van der Waals surface area contributed by atoms with Crippen molar-refractivity contribution in [2.75, 3.05) is 10.6 Å². The molecule has 0 aliphatic heterocycles. The van der Waals surface area contributed by atoms with Crippen LogP contribution in [0.5, 0.6) is 0 Å². The normalized spacial score (nSPS) is 11.8. The van der Waals surface area contributed by atoms with E-state index in [9.17, 15) is 0 Å². The molecule has 0 bridgehead atoms. The van der Waals surface area contributed by atoms with Crippen LogP contribution >= 0.6 is 11.6 Å². The quantitative estimate of drug-likeness (QED) is 0.162. The first-order valence-electron chi connectivity index (χ1n) is 14.1. The van der Waals surface area contributed by atoms with Gasteiger partial charge < -0.3 is 10.6 Å². The predicted molar refractivity (Wildman–Crippen MR) is 181 cm³/mol. The Kier molecular flexibility index (Phi) is 5.18. The number of hydrogen-bond acceptors (Lipinski definition) is 5. The van der Waals surface area contributed by atoms with Crippen LogP contribution in [-0.4, -0.2) is 15.0 Å². The van der Waals surface area contributed by atoms with Crippen molar-refractivity contribution in [2.24, 2.45) is 0 Å². The number of aromatic nitrogens is 3. The molecule has 1 heterocycles. The van der Waals surface area contributed by atoms with Crippen molar-refractivity contribution in [3.05, 3.63) is 127 Å². The number of nitrogens with zero attached hydrogens (tertiary/aromatic N) is 3. The highest BCUT2D eigenvalue weighted by atomic mass is 35.5. The van der Waals surface area contributed by atoms with Crippen molar-refractivity contribution >= 4 is 99.5 Å². The molecule has 9 rings (SSSR count). The lowest BCUT2D eigenvalue weighted by molar-refractivity contribution is 1.06. The van der Waals surface area contributed by atoms with Crippen LogP contribution in [0.3, 0.4) is 0 Å². The molecule has 0 unspecified atom stereocenters. The summed E-state index contributed by atoms with van der Waals surface area (Å²) in [5.74, 6) is 0.735. The van der Waals surface area contributed by atoms with Gasteiger partial charge in [0.2, 0.25) is 17.2 Å². The van der Waals surface area contributed by atoms with Crippen LogP contribution in [-0.2, 0) is 0 Å². The Morgan fingerprint density at radius 2 is 1.00 bits per heavy atom. The van der Waals surface area contributed by atoms with Crippen LogP contribution < -0.4 is 10.6 Å². The summed E-state index contributed by atoms with van der Waals surface area (Å²) in [7, 11) is 0. The van der Waals surface area contributed by atoms with E-state index in [4.69, 9.17) is 11.6 Å². The minimum atomic E-state index is 0.107. The van der Waals surface area contributed by atoms with Crippen LogP contribution in [0, 0.1) is 0 Å². The molecule has 5 nitrogen and oxygen atoms in total. The highest BCUT2D eigenvalue weighted by Crippen LogP contribution is 2.42. The van der Waals surface area contributed by atoms with Gasteiger partial charge in [0.15, 0.2) is 0 Å². The Hall–Kier alpha value is -5.52. The number of fused-ring (bicyclic) bond motifs is 4. The molecule has 0 saturated heterocycles. The first kappa shape index (κ1) is 24.1. The summed E-state index contributed by atoms with van der Waals surface area (Å²) in [5.41, 5.74) is 1.77. The van der Waals surface area contributed by atoms with Crippen molar-refractivity contribution in [1.29, 1.82) is 0 Å². The summed E-state index contributed by atoms with van der Waals surface area (Å²) >= 11 is 6.40. The van der Waals surface area contributed by atoms with E-state index in [-0.39, 0.29) is 5.28 Å². The summed E-state index contributed by atoms with van der Waals surface area (Å²) in [6, 6.07) is 42.7. The molecular formula is C37H22ClN5. The van der Waals surface area contributed by atoms with E-state index in [1.807, 2.05) is 6.07 Å². The van der Waals surface area contributed by atoms with E-state index in [1.54, 1.807) is 0 Å². The van der Waals surface area contributed by atoms with Crippen molar-refractivity contribution in [3.63, 3.8) is 0 Å². The highest BCUT2D eigenvalue weighted by molar-refractivity contribution is 6.34. The van der Waals surface area contributed by atoms with E-state index >= 15 is 0 Å². The summed E-state index contributed by atoms with van der Waals surface area (Å²) in [4.78, 5) is 13.4. The van der Waals surface area contributed by atoms with Gasteiger partial charge in [-0.25, -0.2) is 0 Å². The van der Waals surface area contributed by atoms with Crippen LogP contribution in [0.25, 0.3) is 64.6 Å². The van der Waals surface area contributed by atoms with Gasteiger partial charge in [0.25, 0.3) is 0 Å². The maximum atomic E-state index is 6.40. The van der Waals surface area contributed by atoms with Crippen LogP contribution in [0.15, 0.2) is 121 Å². The van der Waals surface area contributed by atoms with Gasteiger partial charge in [0.1, 0.15) is 0 Å². The lowest BCUT2D eigenvalue weighted by atomic mass is 9.89. The lowest BCUT2D eigenvalue weighted by Gasteiger charge is -2.17. The maximum Gasteiger partial charge on any atom is 0.233 e. The first-order valence-corrected chi connectivity index (χ1v) is 14.5. The van der Waals surface area contributed by atoms with Gasteiger partial charge in [-0.1, -0.05) is 91.0 Å². The maximum absolute atomic E-state index is 6.40. The highest BCUT2D eigenvalue weighted by Gasteiger charge is 2.15. The zero-order chi connectivity index (χ0) is 28.5. The Bertz CT molecular complexity index is 2490. The molecule has 0 spiro atoms. The second kappa shape index (κ2) is 9.24. The van der Waals surface area contributed by atoms with Gasteiger partial charge in [-0.05, 0) is 101 Å². The molecule has 0 aliphatic carbocycles. The molecule has 2 N–H and O–H groups in total. The molecular weight excluding hydrogens is 550 g/mol. The number of benzene rings is 8.